The number of pyridine rings is 1. The number of fused-ring (bicyclic) bond motifs is 1. The van der Waals surface area contributed by atoms with Gasteiger partial charge in [0.25, 0.3) is 0 Å². The first-order valence-electron chi connectivity index (χ1n) is 6.69. The summed E-state index contributed by atoms with van der Waals surface area (Å²) in [6.07, 6.45) is 0.446. The van der Waals surface area contributed by atoms with E-state index in [1.807, 2.05) is 36.4 Å². The van der Waals surface area contributed by atoms with Gasteiger partial charge in [-0.3, -0.25) is 4.98 Å². The predicted octanol–water partition coefficient (Wildman–Crippen LogP) is 4.27. The third-order valence-corrected chi connectivity index (χ3v) is 3.82. The molecule has 0 spiro atoms. The van der Waals surface area contributed by atoms with Gasteiger partial charge in [-0.05, 0) is 42.3 Å². The molecule has 1 atom stereocenters. The molecule has 4 heteroatoms. The average molecular weight is 301 g/mol. The van der Waals surface area contributed by atoms with E-state index in [1.165, 1.54) is 12.1 Å². The van der Waals surface area contributed by atoms with Gasteiger partial charge in [-0.25, -0.2) is 4.39 Å². The Morgan fingerprint density at radius 2 is 1.90 bits per heavy atom. The SMILES string of the molecule is NC(Cc1cc(F)ccc1Cl)c1ccc2ccccc2n1. The lowest BCUT2D eigenvalue weighted by Gasteiger charge is -2.13. The van der Waals surface area contributed by atoms with Crippen LogP contribution in [0.5, 0.6) is 0 Å². The topological polar surface area (TPSA) is 38.9 Å². The number of para-hydroxylation sites is 1. The molecule has 0 bridgehead atoms. The molecule has 0 radical (unpaired) electrons. The highest BCUT2D eigenvalue weighted by Gasteiger charge is 2.12. The van der Waals surface area contributed by atoms with Crippen LogP contribution in [0.2, 0.25) is 5.02 Å². The van der Waals surface area contributed by atoms with Crippen molar-refractivity contribution in [3.63, 3.8) is 0 Å². The number of rotatable bonds is 3. The van der Waals surface area contributed by atoms with Crippen LogP contribution in [0.25, 0.3) is 10.9 Å². The Bertz CT molecular complexity index is 789. The van der Waals surface area contributed by atoms with Crippen LogP contribution in [0.1, 0.15) is 17.3 Å². The second-order valence-corrected chi connectivity index (χ2v) is 5.38. The van der Waals surface area contributed by atoms with Gasteiger partial charge in [0.15, 0.2) is 0 Å². The van der Waals surface area contributed by atoms with Crippen molar-refractivity contribution in [2.45, 2.75) is 12.5 Å². The second-order valence-electron chi connectivity index (χ2n) is 4.98. The predicted molar refractivity (Wildman–Crippen MR) is 83.8 cm³/mol. The molecule has 0 aliphatic rings. The summed E-state index contributed by atoms with van der Waals surface area (Å²) >= 11 is 6.08. The Morgan fingerprint density at radius 3 is 2.76 bits per heavy atom. The van der Waals surface area contributed by atoms with Crippen molar-refractivity contribution >= 4 is 22.5 Å². The lowest BCUT2D eigenvalue weighted by molar-refractivity contribution is 0.621. The van der Waals surface area contributed by atoms with E-state index in [2.05, 4.69) is 4.98 Å². The fourth-order valence-electron chi connectivity index (χ4n) is 2.33. The number of halogens is 2. The monoisotopic (exact) mass is 300 g/mol. The van der Waals surface area contributed by atoms with Crippen molar-refractivity contribution < 1.29 is 4.39 Å². The van der Waals surface area contributed by atoms with E-state index in [9.17, 15) is 4.39 Å². The van der Waals surface area contributed by atoms with E-state index < -0.39 is 0 Å². The first kappa shape index (κ1) is 14.0. The number of hydrogen-bond acceptors (Lipinski definition) is 2. The second kappa shape index (κ2) is 5.80. The molecule has 21 heavy (non-hydrogen) atoms. The summed E-state index contributed by atoms with van der Waals surface area (Å²) in [5.74, 6) is -0.312. The Morgan fingerprint density at radius 1 is 1.10 bits per heavy atom. The molecule has 1 unspecified atom stereocenters. The number of hydrogen-bond donors (Lipinski definition) is 1. The van der Waals surface area contributed by atoms with E-state index in [1.54, 1.807) is 6.07 Å². The van der Waals surface area contributed by atoms with Gasteiger partial charge < -0.3 is 5.73 Å². The third-order valence-electron chi connectivity index (χ3n) is 3.45. The minimum Gasteiger partial charge on any atom is -0.322 e. The summed E-state index contributed by atoms with van der Waals surface area (Å²) in [6.45, 7) is 0. The highest BCUT2D eigenvalue weighted by molar-refractivity contribution is 6.31. The minimum atomic E-state index is -0.325. The maximum Gasteiger partial charge on any atom is 0.123 e. The van der Waals surface area contributed by atoms with E-state index in [-0.39, 0.29) is 11.9 Å². The summed E-state index contributed by atoms with van der Waals surface area (Å²) in [4.78, 5) is 4.56. The zero-order valence-corrected chi connectivity index (χ0v) is 12.0. The summed E-state index contributed by atoms with van der Waals surface area (Å²) in [6, 6.07) is 15.7. The van der Waals surface area contributed by atoms with Crippen LogP contribution in [0.15, 0.2) is 54.6 Å². The van der Waals surface area contributed by atoms with Crippen LogP contribution in [0, 0.1) is 5.82 Å². The third kappa shape index (κ3) is 3.04. The lowest BCUT2D eigenvalue weighted by Crippen LogP contribution is -2.15. The number of nitrogens with zero attached hydrogens (tertiary/aromatic N) is 1. The molecule has 2 nitrogen and oxygen atoms in total. The Labute approximate surface area is 127 Å². The zero-order chi connectivity index (χ0) is 14.8. The quantitative estimate of drug-likeness (QED) is 0.784. The fraction of sp³-hybridized carbons (Fsp3) is 0.118. The van der Waals surface area contributed by atoms with Crippen molar-refractivity contribution in [3.8, 4) is 0 Å². The first-order valence-corrected chi connectivity index (χ1v) is 7.06. The van der Waals surface area contributed by atoms with Crippen molar-refractivity contribution in [2.24, 2.45) is 5.73 Å². The van der Waals surface area contributed by atoms with Gasteiger partial charge in [0, 0.05) is 10.4 Å². The van der Waals surface area contributed by atoms with Crippen LogP contribution in [-0.4, -0.2) is 4.98 Å². The molecular formula is C17H14ClFN2. The summed E-state index contributed by atoms with van der Waals surface area (Å²) in [5.41, 5.74) is 8.56. The van der Waals surface area contributed by atoms with Crippen LogP contribution in [-0.2, 0) is 6.42 Å². The molecular weight excluding hydrogens is 287 g/mol. The standard InChI is InChI=1S/C17H14ClFN2/c18-14-7-6-13(19)9-12(14)10-15(20)17-8-5-11-3-1-2-4-16(11)21-17/h1-9,15H,10,20H2. The van der Waals surface area contributed by atoms with E-state index >= 15 is 0 Å². The Hall–Kier alpha value is -1.97. The molecule has 0 aliphatic heterocycles. The van der Waals surface area contributed by atoms with Crippen molar-refractivity contribution in [3.05, 3.63) is 76.7 Å². The molecule has 0 saturated carbocycles. The molecule has 0 fully saturated rings. The molecule has 1 heterocycles. The van der Waals surface area contributed by atoms with E-state index in [0.29, 0.717) is 17.0 Å². The van der Waals surface area contributed by atoms with Crippen molar-refractivity contribution in [1.29, 1.82) is 0 Å². The Kier molecular flexibility index (Phi) is 3.86. The summed E-state index contributed by atoms with van der Waals surface area (Å²) in [5, 5.41) is 1.59. The molecule has 3 aromatic rings. The largest absolute Gasteiger partial charge is 0.322 e. The molecule has 0 amide bonds. The van der Waals surface area contributed by atoms with Crippen LogP contribution in [0.4, 0.5) is 4.39 Å². The highest BCUT2D eigenvalue weighted by atomic mass is 35.5. The smallest absolute Gasteiger partial charge is 0.123 e. The average Bonchev–Trinajstić information content (AvgIpc) is 2.50. The van der Waals surface area contributed by atoms with E-state index in [4.69, 9.17) is 17.3 Å². The van der Waals surface area contributed by atoms with Gasteiger partial charge in [0.05, 0.1) is 17.3 Å². The number of aromatic nitrogens is 1. The van der Waals surface area contributed by atoms with Crippen molar-refractivity contribution in [1.82, 2.24) is 4.98 Å². The Balaban J connectivity index is 1.89. The van der Waals surface area contributed by atoms with Gasteiger partial charge in [-0.2, -0.15) is 0 Å². The van der Waals surface area contributed by atoms with Crippen LogP contribution in [0.3, 0.4) is 0 Å². The molecule has 0 saturated heterocycles. The van der Waals surface area contributed by atoms with Gasteiger partial charge in [0.2, 0.25) is 0 Å². The number of nitrogens with two attached hydrogens (primary N) is 1. The van der Waals surface area contributed by atoms with Crippen molar-refractivity contribution in [2.75, 3.05) is 0 Å². The molecule has 3 rings (SSSR count). The zero-order valence-electron chi connectivity index (χ0n) is 11.3. The molecule has 2 N–H and O–H groups in total. The lowest BCUT2D eigenvalue weighted by atomic mass is 10.0. The highest BCUT2D eigenvalue weighted by Crippen LogP contribution is 2.23. The minimum absolute atomic E-state index is 0.312. The number of benzene rings is 2. The molecule has 2 aromatic carbocycles. The van der Waals surface area contributed by atoms with Crippen LogP contribution < -0.4 is 5.73 Å². The van der Waals surface area contributed by atoms with Crippen LogP contribution >= 0.6 is 11.6 Å². The molecule has 106 valence electrons. The van der Waals surface area contributed by atoms with Gasteiger partial charge >= 0.3 is 0 Å². The molecule has 1 aromatic heterocycles. The van der Waals surface area contributed by atoms with Gasteiger partial charge in [-0.1, -0.05) is 35.9 Å². The summed E-state index contributed by atoms with van der Waals surface area (Å²) in [7, 11) is 0. The fourth-order valence-corrected chi connectivity index (χ4v) is 2.52. The first-order chi connectivity index (χ1) is 10.1. The normalized spacial score (nSPS) is 12.5. The summed E-state index contributed by atoms with van der Waals surface area (Å²) < 4.78 is 13.3. The van der Waals surface area contributed by atoms with E-state index in [0.717, 1.165) is 16.6 Å². The van der Waals surface area contributed by atoms with Gasteiger partial charge in [-0.15, -0.1) is 0 Å². The maximum absolute atomic E-state index is 13.3. The van der Waals surface area contributed by atoms with Gasteiger partial charge in [0.1, 0.15) is 5.82 Å². The molecule has 0 aliphatic carbocycles. The maximum atomic E-state index is 13.3.